The molecule has 0 heterocycles. The Morgan fingerprint density at radius 2 is 1.75 bits per heavy atom. The second kappa shape index (κ2) is 6.10. The van der Waals surface area contributed by atoms with Crippen molar-refractivity contribution in [2.75, 3.05) is 6.61 Å². The number of hydrogen-bond donors (Lipinski definition) is 0. The highest BCUT2D eigenvalue weighted by atomic mass is 19.1. The predicted octanol–water partition coefficient (Wildman–Crippen LogP) is 3.23. The van der Waals surface area contributed by atoms with E-state index in [0.717, 1.165) is 12.1 Å². The molecule has 0 unspecified atom stereocenters. The standard InChI is InChI=1S/C16H13FO3/c1-2-20-16(19)14-10-12(17)8-9-13(14)15(18)11-6-4-3-5-7-11/h3-10H,2H2,1H3. The largest absolute Gasteiger partial charge is 0.462 e. The van der Waals surface area contributed by atoms with Gasteiger partial charge in [0.05, 0.1) is 12.2 Å². The van der Waals surface area contributed by atoms with Crippen LogP contribution in [0.2, 0.25) is 0 Å². The van der Waals surface area contributed by atoms with Gasteiger partial charge in [-0.2, -0.15) is 0 Å². The Kier molecular flexibility index (Phi) is 4.25. The van der Waals surface area contributed by atoms with E-state index in [4.69, 9.17) is 4.74 Å². The number of carbonyl (C=O) groups excluding carboxylic acids is 2. The summed E-state index contributed by atoms with van der Waals surface area (Å²) in [5.74, 6) is -1.63. The highest BCUT2D eigenvalue weighted by molar-refractivity contribution is 6.14. The second-order valence-corrected chi connectivity index (χ2v) is 4.11. The fourth-order valence-corrected chi connectivity index (χ4v) is 1.84. The van der Waals surface area contributed by atoms with Crippen molar-refractivity contribution in [2.24, 2.45) is 0 Å². The average Bonchev–Trinajstić information content (AvgIpc) is 2.47. The maximum absolute atomic E-state index is 13.3. The molecular formula is C16H13FO3. The highest BCUT2D eigenvalue weighted by Crippen LogP contribution is 2.17. The molecule has 0 aliphatic carbocycles. The molecule has 0 aromatic heterocycles. The summed E-state index contributed by atoms with van der Waals surface area (Å²) in [6.45, 7) is 1.81. The molecule has 102 valence electrons. The van der Waals surface area contributed by atoms with Gasteiger partial charge in [0.15, 0.2) is 5.78 Å². The van der Waals surface area contributed by atoms with Gasteiger partial charge >= 0.3 is 5.97 Å². The SMILES string of the molecule is CCOC(=O)c1cc(F)ccc1C(=O)c1ccccc1. The molecular weight excluding hydrogens is 259 g/mol. The van der Waals surface area contributed by atoms with Crippen LogP contribution >= 0.6 is 0 Å². The first-order valence-electron chi connectivity index (χ1n) is 6.20. The molecule has 2 aromatic carbocycles. The van der Waals surface area contributed by atoms with Crippen molar-refractivity contribution < 1.29 is 18.7 Å². The Morgan fingerprint density at radius 3 is 2.40 bits per heavy atom. The molecule has 0 amide bonds. The molecule has 0 N–H and O–H groups in total. The number of benzene rings is 2. The van der Waals surface area contributed by atoms with Crippen molar-refractivity contribution in [3.63, 3.8) is 0 Å². The van der Waals surface area contributed by atoms with E-state index in [2.05, 4.69) is 0 Å². The molecule has 4 heteroatoms. The molecule has 0 aliphatic rings. The summed E-state index contributed by atoms with van der Waals surface area (Å²) < 4.78 is 18.1. The first-order chi connectivity index (χ1) is 9.63. The first kappa shape index (κ1) is 13.9. The van der Waals surface area contributed by atoms with Gasteiger partial charge in [-0.15, -0.1) is 0 Å². The van der Waals surface area contributed by atoms with Gasteiger partial charge in [0.1, 0.15) is 5.82 Å². The van der Waals surface area contributed by atoms with Crippen LogP contribution in [0, 0.1) is 5.82 Å². The summed E-state index contributed by atoms with van der Waals surface area (Å²) in [4.78, 5) is 24.2. The van der Waals surface area contributed by atoms with E-state index in [9.17, 15) is 14.0 Å². The Balaban J connectivity index is 2.46. The van der Waals surface area contributed by atoms with Gasteiger partial charge in [-0.1, -0.05) is 30.3 Å². The lowest BCUT2D eigenvalue weighted by Gasteiger charge is -2.08. The van der Waals surface area contributed by atoms with Gasteiger partial charge in [-0.3, -0.25) is 4.79 Å². The summed E-state index contributed by atoms with van der Waals surface area (Å²) in [6, 6.07) is 12.0. The molecule has 0 radical (unpaired) electrons. The minimum Gasteiger partial charge on any atom is -0.462 e. The van der Waals surface area contributed by atoms with Crippen LogP contribution in [0.3, 0.4) is 0 Å². The number of rotatable bonds is 4. The smallest absolute Gasteiger partial charge is 0.338 e. The molecule has 2 rings (SSSR count). The lowest BCUT2D eigenvalue weighted by molar-refractivity contribution is 0.0523. The summed E-state index contributed by atoms with van der Waals surface area (Å²) in [6.07, 6.45) is 0. The van der Waals surface area contributed by atoms with Gasteiger partial charge in [0, 0.05) is 11.1 Å². The minimum atomic E-state index is -0.703. The predicted molar refractivity (Wildman–Crippen MR) is 72.2 cm³/mol. The number of carbonyl (C=O) groups is 2. The Labute approximate surface area is 116 Å². The van der Waals surface area contributed by atoms with Crippen LogP contribution in [-0.4, -0.2) is 18.4 Å². The second-order valence-electron chi connectivity index (χ2n) is 4.11. The zero-order valence-electron chi connectivity index (χ0n) is 10.9. The molecule has 0 bridgehead atoms. The van der Waals surface area contributed by atoms with Crippen LogP contribution in [0.4, 0.5) is 4.39 Å². The molecule has 0 fully saturated rings. The van der Waals surface area contributed by atoms with E-state index in [1.54, 1.807) is 37.3 Å². The van der Waals surface area contributed by atoms with Crippen molar-refractivity contribution >= 4 is 11.8 Å². The third-order valence-corrected chi connectivity index (χ3v) is 2.76. The summed E-state index contributed by atoms with van der Waals surface area (Å²) in [5.41, 5.74) is 0.515. The van der Waals surface area contributed by atoms with E-state index in [1.165, 1.54) is 6.07 Å². The summed E-state index contributed by atoms with van der Waals surface area (Å²) >= 11 is 0. The van der Waals surface area contributed by atoms with Gasteiger partial charge in [-0.05, 0) is 25.1 Å². The molecule has 0 atom stereocenters. The third-order valence-electron chi connectivity index (χ3n) is 2.76. The van der Waals surface area contributed by atoms with E-state index in [0.29, 0.717) is 5.56 Å². The topological polar surface area (TPSA) is 43.4 Å². The van der Waals surface area contributed by atoms with E-state index < -0.39 is 11.8 Å². The molecule has 0 saturated heterocycles. The number of ether oxygens (including phenoxy) is 1. The Hall–Kier alpha value is -2.49. The number of ketones is 1. The number of hydrogen-bond acceptors (Lipinski definition) is 3. The van der Waals surface area contributed by atoms with Gasteiger partial charge in [-0.25, -0.2) is 9.18 Å². The minimum absolute atomic E-state index is 0.0549. The Bertz CT molecular complexity index is 635. The van der Waals surface area contributed by atoms with Crippen LogP contribution in [0.25, 0.3) is 0 Å². The zero-order chi connectivity index (χ0) is 14.5. The maximum atomic E-state index is 13.3. The lowest BCUT2D eigenvalue weighted by atomic mass is 9.98. The molecule has 3 nitrogen and oxygen atoms in total. The highest BCUT2D eigenvalue weighted by Gasteiger charge is 2.19. The van der Waals surface area contributed by atoms with E-state index >= 15 is 0 Å². The van der Waals surface area contributed by atoms with Crippen LogP contribution in [0.1, 0.15) is 33.2 Å². The van der Waals surface area contributed by atoms with Crippen molar-refractivity contribution in [1.29, 1.82) is 0 Å². The van der Waals surface area contributed by atoms with Gasteiger partial charge in [0.25, 0.3) is 0 Å². The van der Waals surface area contributed by atoms with E-state index in [-0.39, 0.29) is 23.5 Å². The van der Waals surface area contributed by atoms with Crippen molar-refractivity contribution in [1.82, 2.24) is 0 Å². The van der Waals surface area contributed by atoms with Crippen LogP contribution < -0.4 is 0 Å². The maximum Gasteiger partial charge on any atom is 0.338 e. The fraction of sp³-hybridized carbons (Fsp3) is 0.125. The number of esters is 1. The Morgan fingerprint density at radius 1 is 1.05 bits per heavy atom. The van der Waals surface area contributed by atoms with Crippen molar-refractivity contribution in [2.45, 2.75) is 6.92 Å². The normalized spacial score (nSPS) is 10.1. The monoisotopic (exact) mass is 272 g/mol. The molecule has 2 aromatic rings. The van der Waals surface area contributed by atoms with Crippen molar-refractivity contribution in [3.05, 3.63) is 71.0 Å². The first-order valence-corrected chi connectivity index (χ1v) is 6.20. The van der Waals surface area contributed by atoms with Crippen molar-refractivity contribution in [3.8, 4) is 0 Å². The molecule has 0 aliphatic heterocycles. The quantitative estimate of drug-likeness (QED) is 0.634. The van der Waals surface area contributed by atoms with Crippen LogP contribution in [0.5, 0.6) is 0 Å². The average molecular weight is 272 g/mol. The molecule has 20 heavy (non-hydrogen) atoms. The summed E-state index contributed by atoms with van der Waals surface area (Å²) in [7, 11) is 0. The van der Waals surface area contributed by atoms with Gasteiger partial charge in [0.2, 0.25) is 0 Å². The fourth-order valence-electron chi connectivity index (χ4n) is 1.84. The third kappa shape index (κ3) is 2.91. The lowest BCUT2D eigenvalue weighted by Crippen LogP contribution is -2.13. The number of halogens is 1. The van der Waals surface area contributed by atoms with Crippen LogP contribution in [0.15, 0.2) is 48.5 Å². The van der Waals surface area contributed by atoms with Crippen LogP contribution in [-0.2, 0) is 4.74 Å². The molecule has 0 spiro atoms. The van der Waals surface area contributed by atoms with E-state index in [1.807, 2.05) is 0 Å². The van der Waals surface area contributed by atoms with Gasteiger partial charge < -0.3 is 4.74 Å². The summed E-state index contributed by atoms with van der Waals surface area (Å²) in [5, 5.41) is 0. The zero-order valence-corrected chi connectivity index (χ0v) is 10.9. The molecule has 0 saturated carbocycles.